The van der Waals surface area contributed by atoms with Crippen molar-refractivity contribution in [2.24, 2.45) is 4.99 Å². The molecule has 3 aromatic rings. The Balaban J connectivity index is 1.19. The van der Waals surface area contributed by atoms with Gasteiger partial charge in [-0.05, 0) is 37.0 Å². The second kappa shape index (κ2) is 10.2. The van der Waals surface area contributed by atoms with E-state index in [4.69, 9.17) is 4.74 Å². The smallest absolute Gasteiger partial charge is 0.306 e. The highest BCUT2D eigenvalue weighted by molar-refractivity contribution is 7.90. The highest BCUT2D eigenvalue weighted by Crippen LogP contribution is 2.23. The first-order chi connectivity index (χ1) is 16.4. The minimum Gasteiger partial charge on any atom is -0.457 e. The number of aromatic amines is 1. The third kappa shape index (κ3) is 5.04. The number of rotatable bonds is 10. The summed E-state index contributed by atoms with van der Waals surface area (Å²) in [6.45, 7) is 2.22. The largest absolute Gasteiger partial charge is 0.457 e. The molecule has 178 valence electrons. The van der Waals surface area contributed by atoms with Gasteiger partial charge in [0.1, 0.15) is 5.84 Å². The molecule has 0 spiro atoms. The summed E-state index contributed by atoms with van der Waals surface area (Å²) in [5, 5.41) is 0.842. The number of amidine groups is 1. The van der Waals surface area contributed by atoms with E-state index in [2.05, 4.69) is 21.6 Å². The molecule has 0 fully saturated rings. The Morgan fingerprint density at radius 2 is 1.85 bits per heavy atom. The molecule has 0 radical (unpaired) electrons. The number of carbonyl (C=O) groups is 2. The van der Waals surface area contributed by atoms with E-state index in [1.807, 2.05) is 18.2 Å². The van der Waals surface area contributed by atoms with Crippen molar-refractivity contribution in [2.75, 3.05) is 13.2 Å². The van der Waals surface area contributed by atoms with Crippen molar-refractivity contribution >= 4 is 38.5 Å². The minimum atomic E-state index is -3.53. The van der Waals surface area contributed by atoms with Crippen molar-refractivity contribution in [2.45, 2.75) is 43.9 Å². The van der Waals surface area contributed by atoms with E-state index < -0.39 is 16.0 Å². The van der Waals surface area contributed by atoms with Crippen LogP contribution in [-0.4, -0.2) is 44.1 Å². The van der Waals surface area contributed by atoms with Gasteiger partial charge in [-0.25, -0.2) is 8.42 Å². The number of para-hydroxylation sites is 1. The van der Waals surface area contributed by atoms with Gasteiger partial charge in [0, 0.05) is 41.2 Å². The van der Waals surface area contributed by atoms with Crippen LogP contribution in [0, 0.1) is 0 Å². The molecule has 0 bridgehead atoms. The number of esters is 1. The molecule has 1 aliphatic rings. The van der Waals surface area contributed by atoms with Gasteiger partial charge in [-0.1, -0.05) is 43.7 Å². The van der Waals surface area contributed by atoms with Gasteiger partial charge in [-0.3, -0.25) is 19.3 Å². The number of H-pyrrole nitrogens is 1. The third-order valence-electron chi connectivity index (χ3n) is 5.82. The summed E-state index contributed by atoms with van der Waals surface area (Å²) in [7, 11) is -3.53. The number of nitrogens with zero attached hydrogens (tertiary/aromatic N) is 1. The lowest BCUT2D eigenvalue weighted by Gasteiger charge is -2.05. The van der Waals surface area contributed by atoms with Gasteiger partial charge < -0.3 is 9.72 Å². The number of nitrogens with one attached hydrogen (secondary N) is 2. The molecular weight excluding hydrogens is 454 g/mol. The van der Waals surface area contributed by atoms with Gasteiger partial charge in [-0.2, -0.15) is 0 Å². The maximum Gasteiger partial charge on any atom is 0.306 e. The van der Waals surface area contributed by atoms with Crippen LogP contribution in [0.1, 0.15) is 54.1 Å². The predicted molar refractivity (Wildman–Crippen MR) is 130 cm³/mol. The molecule has 2 N–H and O–H groups in total. The fraction of sp³-hybridized carbons (Fsp3) is 0.320. The quantitative estimate of drug-likeness (QED) is 0.260. The van der Waals surface area contributed by atoms with Crippen molar-refractivity contribution in [1.29, 1.82) is 0 Å². The van der Waals surface area contributed by atoms with E-state index in [1.54, 1.807) is 30.5 Å². The van der Waals surface area contributed by atoms with Crippen LogP contribution in [0.25, 0.3) is 10.9 Å². The molecule has 9 heteroatoms. The maximum absolute atomic E-state index is 12.5. The van der Waals surface area contributed by atoms with Gasteiger partial charge in [0.15, 0.2) is 6.61 Å². The number of unbranched alkanes of at least 4 members (excludes halogenated alkanes) is 2. The zero-order valence-corrected chi connectivity index (χ0v) is 19.8. The number of hydrogen-bond donors (Lipinski definition) is 2. The lowest BCUT2D eigenvalue weighted by Crippen LogP contribution is -2.22. The van der Waals surface area contributed by atoms with Gasteiger partial charge >= 0.3 is 5.97 Å². The van der Waals surface area contributed by atoms with Crippen LogP contribution in [0.4, 0.5) is 0 Å². The molecule has 34 heavy (non-hydrogen) atoms. The fourth-order valence-electron chi connectivity index (χ4n) is 4.04. The minimum absolute atomic E-state index is 0.215. The maximum atomic E-state index is 12.5. The number of ether oxygens (including phenoxy) is 1. The fourth-order valence-corrected chi connectivity index (χ4v) is 5.29. The van der Waals surface area contributed by atoms with Gasteiger partial charge in [0.05, 0.1) is 4.90 Å². The van der Waals surface area contributed by atoms with E-state index in [9.17, 15) is 18.0 Å². The SMILES string of the molecule is CCc1cccc2c(C(=O)COC(=O)CCCCCN=C3NS(=O)(=O)c4ccccc43)c[nH]c12. The Hall–Kier alpha value is -3.46. The van der Waals surface area contributed by atoms with Crippen LogP contribution in [0.3, 0.4) is 0 Å². The first kappa shape index (κ1) is 23.7. The van der Waals surface area contributed by atoms with Crippen LogP contribution in [-0.2, 0) is 26.0 Å². The molecule has 1 aromatic heterocycles. The van der Waals surface area contributed by atoms with Gasteiger partial charge in [0.25, 0.3) is 10.0 Å². The topological polar surface area (TPSA) is 118 Å². The summed E-state index contributed by atoms with van der Waals surface area (Å²) >= 11 is 0. The van der Waals surface area contributed by atoms with E-state index in [0.717, 1.165) is 29.3 Å². The number of carbonyl (C=O) groups excluding carboxylic acids is 2. The second-order valence-corrected chi connectivity index (χ2v) is 9.77. The summed E-state index contributed by atoms with van der Waals surface area (Å²) in [5.41, 5.74) is 3.18. The van der Waals surface area contributed by atoms with Crippen LogP contribution >= 0.6 is 0 Å². The summed E-state index contributed by atoms with van der Waals surface area (Å²) in [6, 6.07) is 12.6. The Labute approximate surface area is 198 Å². The van der Waals surface area contributed by atoms with Crippen LogP contribution in [0.15, 0.2) is 58.5 Å². The van der Waals surface area contributed by atoms with E-state index >= 15 is 0 Å². The molecule has 0 unspecified atom stereocenters. The normalized spacial score (nSPS) is 15.3. The first-order valence-corrected chi connectivity index (χ1v) is 12.8. The number of aromatic nitrogens is 1. The number of sulfonamides is 1. The van der Waals surface area contributed by atoms with E-state index in [-0.39, 0.29) is 23.7 Å². The molecule has 0 atom stereocenters. The van der Waals surface area contributed by atoms with Crippen molar-refractivity contribution in [3.8, 4) is 0 Å². The van der Waals surface area contributed by atoms with Crippen molar-refractivity contribution < 1.29 is 22.7 Å². The number of hydrogen-bond acceptors (Lipinski definition) is 6. The van der Waals surface area contributed by atoms with Crippen molar-refractivity contribution in [3.63, 3.8) is 0 Å². The highest BCUT2D eigenvalue weighted by atomic mass is 32.2. The standard InChI is InChI=1S/C25H27N3O5S/c1-2-17-9-8-11-18-20(15-27-24(17)18)21(29)16-33-23(30)13-4-3-7-14-26-25-19-10-5-6-12-22(19)34(31,32)28-25/h5-6,8-12,15,27H,2-4,7,13-14,16H2,1H3,(H,26,28). The first-order valence-electron chi connectivity index (χ1n) is 11.3. The zero-order chi connectivity index (χ0) is 24.1. The Morgan fingerprint density at radius 3 is 2.68 bits per heavy atom. The van der Waals surface area contributed by atoms with E-state index in [0.29, 0.717) is 36.3 Å². The summed E-state index contributed by atoms with van der Waals surface area (Å²) < 4.78 is 31.8. The molecule has 0 saturated carbocycles. The number of aliphatic imine (C=N–C) groups is 1. The molecule has 0 amide bonds. The van der Waals surface area contributed by atoms with Gasteiger partial charge in [-0.15, -0.1) is 0 Å². The number of ketones is 1. The van der Waals surface area contributed by atoms with Crippen LogP contribution in [0.5, 0.6) is 0 Å². The lowest BCUT2D eigenvalue weighted by molar-refractivity contribution is -0.142. The molecule has 0 saturated heterocycles. The second-order valence-electron chi connectivity index (χ2n) is 8.12. The molecule has 8 nitrogen and oxygen atoms in total. The Kier molecular flexibility index (Phi) is 7.12. The number of Topliss-reactive ketones (excluding diaryl/α,β-unsaturated/α-hetero) is 1. The lowest BCUT2D eigenvalue weighted by atomic mass is 10.1. The molecule has 2 aromatic carbocycles. The van der Waals surface area contributed by atoms with Crippen molar-refractivity contribution in [3.05, 3.63) is 65.4 Å². The van der Waals surface area contributed by atoms with E-state index in [1.165, 1.54) is 0 Å². The summed E-state index contributed by atoms with van der Waals surface area (Å²) in [4.78, 5) is 32.3. The van der Waals surface area contributed by atoms with Crippen LogP contribution in [0.2, 0.25) is 0 Å². The third-order valence-corrected chi connectivity index (χ3v) is 7.22. The number of benzene rings is 2. The predicted octanol–water partition coefficient (Wildman–Crippen LogP) is 3.76. The average molecular weight is 482 g/mol. The Morgan fingerprint density at radius 1 is 1.03 bits per heavy atom. The monoisotopic (exact) mass is 481 g/mol. The number of aryl methyl sites for hydroxylation is 1. The zero-order valence-electron chi connectivity index (χ0n) is 19.0. The Bertz CT molecular complexity index is 1360. The number of fused-ring (bicyclic) bond motifs is 2. The van der Waals surface area contributed by atoms with Gasteiger partial charge in [0.2, 0.25) is 5.78 Å². The molecule has 4 rings (SSSR count). The highest BCUT2D eigenvalue weighted by Gasteiger charge is 2.29. The molecule has 0 aliphatic carbocycles. The summed E-state index contributed by atoms with van der Waals surface area (Å²) in [6.07, 6.45) is 4.78. The average Bonchev–Trinajstić information content (AvgIpc) is 3.38. The molecule has 1 aliphatic heterocycles. The molecule has 2 heterocycles. The van der Waals surface area contributed by atoms with Crippen molar-refractivity contribution in [1.82, 2.24) is 9.71 Å². The van der Waals surface area contributed by atoms with Crippen LogP contribution < -0.4 is 4.72 Å². The molecular formula is C25H27N3O5S. The summed E-state index contributed by atoms with van der Waals surface area (Å²) in [5.74, 6) is -0.286.